The van der Waals surface area contributed by atoms with Gasteiger partial charge < -0.3 is 40.2 Å². The largest absolute Gasteiger partial charge is 0.505 e. The molecule has 0 amide bonds. The maximum Gasteiger partial charge on any atom is 0.208 e. The molecule has 3 rings (SSSR count). The molecule has 0 fully saturated rings. The first kappa shape index (κ1) is 12.9. The smallest absolute Gasteiger partial charge is 0.208 e. The number of aromatic hydroxyl groups is 7. The Bertz CT molecular complexity index is 853. The molecule has 0 spiro atoms. The Morgan fingerprint density at radius 1 is 0.524 bits per heavy atom. The van der Waals surface area contributed by atoms with Crippen molar-refractivity contribution in [3.05, 3.63) is 0 Å². The van der Waals surface area contributed by atoms with Gasteiger partial charge >= 0.3 is 0 Å². The van der Waals surface area contributed by atoms with E-state index in [4.69, 9.17) is 4.42 Å². The second-order valence-corrected chi connectivity index (χ2v) is 4.58. The molecule has 21 heavy (non-hydrogen) atoms. The number of fused-ring (bicyclic) bond motifs is 3. The normalized spacial score (nSPS) is 11.4. The van der Waals surface area contributed by atoms with Gasteiger partial charge in [-0.05, 0) is 0 Å². The van der Waals surface area contributed by atoms with Gasteiger partial charge in [0.05, 0.1) is 10.8 Å². The van der Waals surface area contributed by atoms with Crippen LogP contribution >= 0.6 is 0 Å². The van der Waals surface area contributed by atoms with Gasteiger partial charge in [-0.2, -0.15) is 0 Å². The standard InChI is InChI=1S/C12H9BO8/c13-3-6(16)4(14)1-2-5(15)8(18)9(19)10(20)12(2)21-11(1)7(3)17/h14-20H,13H2. The molecule has 0 saturated heterocycles. The first-order chi connectivity index (χ1) is 9.77. The Morgan fingerprint density at radius 2 is 0.952 bits per heavy atom. The predicted molar refractivity (Wildman–Crippen MR) is 73.6 cm³/mol. The van der Waals surface area contributed by atoms with Crippen molar-refractivity contribution in [1.29, 1.82) is 0 Å². The third kappa shape index (κ3) is 1.34. The van der Waals surface area contributed by atoms with Gasteiger partial charge in [0.1, 0.15) is 7.85 Å². The van der Waals surface area contributed by atoms with Gasteiger partial charge in [-0.25, -0.2) is 0 Å². The van der Waals surface area contributed by atoms with E-state index in [1.165, 1.54) is 7.85 Å². The summed E-state index contributed by atoms with van der Waals surface area (Å²) in [6.45, 7) is 0. The van der Waals surface area contributed by atoms with Crippen LogP contribution in [0.15, 0.2) is 4.42 Å². The topological polar surface area (TPSA) is 155 Å². The van der Waals surface area contributed by atoms with E-state index in [0.717, 1.165) is 0 Å². The van der Waals surface area contributed by atoms with Crippen molar-refractivity contribution >= 4 is 35.2 Å². The summed E-state index contributed by atoms with van der Waals surface area (Å²) in [4.78, 5) is 0. The fourth-order valence-electron chi connectivity index (χ4n) is 2.25. The van der Waals surface area contributed by atoms with E-state index in [1.807, 2.05) is 0 Å². The molecule has 1 aromatic heterocycles. The lowest BCUT2D eigenvalue weighted by molar-refractivity contribution is 0.348. The van der Waals surface area contributed by atoms with Crippen LogP contribution in [0.1, 0.15) is 0 Å². The quantitative estimate of drug-likeness (QED) is 0.170. The van der Waals surface area contributed by atoms with E-state index in [1.54, 1.807) is 0 Å². The van der Waals surface area contributed by atoms with Crippen molar-refractivity contribution in [2.75, 3.05) is 0 Å². The maximum atomic E-state index is 9.97. The third-order valence-corrected chi connectivity index (χ3v) is 3.42. The molecule has 0 aliphatic heterocycles. The van der Waals surface area contributed by atoms with Gasteiger partial charge in [0.2, 0.25) is 17.2 Å². The maximum absolute atomic E-state index is 9.97. The van der Waals surface area contributed by atoms with Gasteiger partial charge in [-0.15, -0.1) is 0 Å². The number of hydrogen-bond donors (Lipinski definition) is 7. The molecule has 0 aliphatic carbocycles. The van der Waals surface area contributed by atoms with E-state index in [9.17, 15) is 35.7 Å². The molecule has 0 unspecified atom stereocenters. The Balaban J connectivity index is 2.73. The Hall–Kier alpha value is -3.10. The molecule has 0 bridgehead atoms. The molecule has 0 saturated carbocycles. The van der Waals surface area contributed by atoms with Gasteiger partial charge in [0.15, 0.2) is 34.2 Å². The highest BCUT2D eigenvalue weighted by Crippen LogP contribution is 2.55. The van der Waals surface area contributed by atoms with Crippen molar-refractivity contribution in [2.24, 2.45) is 0 Å². The van der Waals surface area contributed by atoms with Crippen molar-refractivity contribution in [2.45, 2.75) is 0 Å². The number of hydrogen-bond acceptors (Lipinski definition) is 8. The number of phenolic OH excluding ortho intramolecular Hbond substituents is 7. The second-order valence-electron chi connectivity index (χ2n) is 4.58. The summed E-state index contributed by atoms with van der Waals surface area (Å²) in [6, 6.07) is 0. The molecular formula is C12H9BO8. The number of rotatable bonds is 0. The van der Waals surface area contributed by atoms with Crippen LogP contribution in [0.5, 0.6) is 40.2 Å². The van der Waals surface area contributed by atoms with E-state index in [2.05, 4.69) is 0 Å². The van der Waals surface area contributed by atoms with Gasteiger partial charge in [0.25, 0.3) is 0 Å². The molecule has 0 aliphatic rings. The molecule has 108 valence electrons. The van der Waals surface area contributed by atoms with Crippen LogP contribution in [0.25, 0.3) is 21.9 Å². The zero-order valence-corrected chi connectivity index (χ0v) is 10.5. The molecule has 0 atom stereocenters. The lowest BCUT2D eigenvalue weighted by Gasteiger charge is -2.07. The molecule has 8 nitrogen and oxygen atoms in total. The van der Waals surface area contributed by atoms with Crippen molar-refractivity contribution in [3.63, 3.8) is 0 Å². The van der Waals surface area contributed by atoms with Crippen LogP contribution in [0.3, 0.4) is 0 Å². The first-order valence-electron chi connectivity index (χ1n) is 5.72. The zero-order valence-electron chi connectivity index (χ0n) is 10.5. The second kappa shape index (κ2) is 3.72. The van der Waals surface area contributed by atoms with E-state index >= 15 is 0 Å². The molecule has 1 heterocycles. The molecule has 0 radical (unpaired) electrons. The Morgan fingerprint density at radius 3 is 1.52 bits per heavy atom. The third-order valence-electron chi connectivity index (χ3n) is 3.42. The predicted octanol–water partition coefficient (Wildman–Crippen LogP) is -0.216. The summed E-state index contributed by atoms with van der Waals surface area (Å²) >= 11 is 0. The summed E-state index contributed by atoms with van der Waals surface area (Å²) < 4.78 is 5.15. The highest BCUT2D eigenvalue weighted by molar-refractivity contribution is 6.39. The summed E-state index contributed by atoms with van der Waals surface area (Å²) in [5.74, 6) is -5.67. The Labute approximate surface area is 116 Å². The van der Waals surface area contributed by atoms with Crippen molar-refractivity contribution < 1.29 is 40.2 Å². The minimum Gasteiger partial charge on any atom is -0.505 e. The number of phenols is 7. The molecule has 3 aromatic rings. The van der Waals surface area contributed by atoms with E-state index < -0.39 is 45.8 Å². The molecule has 2 aromatic carbocycles. The number of benzene rings is 2. The average molecular weight is 292 g/mol. The fourth-order valence-corrected chi connectivity index (χ4v) is 2.25. The van der Waals surface area contributed by atoms with Crippen LogP contribution in [0, 0.1) is 0 Å². The number of furan rings is 1. The summed E-state index contributed by atoms with van der Waals surface area (Å²) in [7, 11) is 1.31. The van der Waals surface area contributed by atoms with E-state index in [-0.39, 0.29) is 21.8 Å². The van der Waals surface area contributed by atoms with E-state index in [0.29, 0.717) is 0 Å². The summed E-state index contributed by atoms with van der Waals surface area (Å²) in [5, 5.41) is 67.6. The zero-order chi connectivity index (χ0) is 15.6. The van der Waals surface area contributed by atoms with Crippen molar-refractivity contribution in [3.8, 4) is 40.2 Å². The van der Waals surface area contributed by atoms with Gasteiger partial charge in [0, 0.05) is 5.46 Å². The highest BCUT2D eigenvalue weighted by Gasteiger charge is 2.28. The van der Waals surface area contributed by atoms with Crippen molar-refractivity contribution in [1.82, 2.24) is 0 Å². The summed E-state index contributed by atoms with van der Waals surface area (Å²) in [5.41, 5.74) is -0.867. The SMILES string of the molecule is Bc1c(O)c(O)c2c(oc3c(O)c(O)c(O)c(O)c32)c1O. The van der Waals surface area contributed by atoms with Crippen LogP contribution in [0.4, 0.5) is 0 Å². The van der Waals surface area contributed by atoms with Gasteiger partial charge in [-0.3, -0.25) is 0 Å². The summed E-state index contributed by atoms with van der Waals surface area (Å²) in [6.07, 6.45) is 0. The lowest BCUT2D eigenvalue weighted by atomic mass is 9.91. The monoisotopic (exact) mass is 292 g/mol. The van der Waals surface area contributed by atoms with Crippen LogP contribution in [0.2, 0.25) is 0 Å². The minimum atomic E-state index is -1.03. The molecule has 7 N–H and O–H groups in total. The van der Waals surface area contributed by atoms with Crippen LogP contribution < -0.4 is 5.46 Å². The molecular weight excluding hydrogens is 283 g/mol. The fraction of sp³-hybridized carbons (Fsp3) is 0. The first-order valence-corrected chi connectivity index (χ1v) is 5.72. The minimum absolute atomic E-state index is 0.0773. The van der Waals surface area contributed by atoms with Gasteiger partial charge in [-0.1, -0.05) is 0 Å². The molecule has 9 heteroatoms. The average Bonchev–Trinajstić information content (AvgIpc) is 2.87. The Kier molecular flexibility index (Phi) is 2.29. The van der Waals surface area contributed by atoms with Crippen LogP contribution in [-0.4, -0.2) is 43.6 Å². The lowest BCUT2D eigenvalue weighted by Crippen LogP contribution is -2.03. The van der Waals surface area contributed by atoms with Crippen LogP contribution in [-0.2, 0) is 0 Å². The highest BCUT2D eigenvalue weighted by atomic mass is 16.4.